The first-order chi connectivity index (χ1) is 7.81. The Balaban J connectivity index is 2.27. The molecular formula is C15H31P3. The van der Waals surface area contributed by atoms with Gasteiger partial charge in [-0.05, 0) is 16.2 Å². The third kappa shape index (κ3) is 2.14. The fourth-order valence-electron chi connectivity index (χ4n) is 3.22. The van der Waals surface area contributed by atoms with Gasteiger partial charge in [0.25, 0.3) is 0 Å². The van der Waals surface area contributed by atoms with Crippen LogP contribution in [-0.2, 0) is 0 Å². The lowest BCUT2D eigenvalue weighted by Gasteiger charge is -2.77. The van der Waals surface area contributed by atoms with Crippen LogP contribution in [0.25, 0.3) is 0 Å². The zero-order chi connectivity index (χ0) is 14.1. The van der Waals surface area contributed by atoms with Gasteiger partial charge in [0, 0.05) is 15.4 Å². The van der Waals surface area contributed by atoms with E-state index >= 15 is 0 Å². The van der Waals surface area contributed by atoms with E-state index in [9.17, 15) is 0 Å². The highest BCUT2D eigenvalue weighted by molar-refractivity contribution is 8.06. The molecule has 18 heavy (non-hydrogen) atoms. The van der Waals surface area contributed by atoms with Crippen LogP contribution in [-0.4, -0.2) is 15.4 Å². The Hall–Kier alpha value is 1.29. The molecular weight excluding hydrogens is 273 g/mol. The van der Waals surface area contributed by atoms with E-state index in [0.29, 0.717) is 16.2 Å². The van der Waals surface area contributed by atoms with Gasteiger partial charge in [0.1, 0.15) is 0 Å². The Kier molecular flexibility index (Phi) is 3.62. The first kappa shape index (κ1) is 15.7. The van der Waals surface area contributed by atoms with Crippen LogP contribution in [0.1, 0.15) is 62.3 Å². The Bertz CT molecular complexity index is 316. The second-order valence-electron chi connectivity index (χ2n) is 9.19. The molecule has 2 rings (SSSR count). The summed E-state index contributed by atoms with van der Waals surface area (Å²) in [4.78, 5) is 0. The largest absolute Gasteiger partial charge is 0.0979 e. The molecule has 3 heteroatoms. The Labute approximate surface area is 119 Å². The van der Waals surface area contributed by atoms with Gasteiger partial charge < -0.3 is 0 Å². The molecule has 0 N–H and O–H groups in total. The van der Waals surface area contributed by atoms with E-state index < -0.39 is 0 Å². The standard InChI is InChI=1S/C15H31P3/c1-12(2,3)10-16-15(14(7,8)9)17-11(18(10)15)13(4,5)6/h10-11,16-17H,1-9H3. The number of hydrogen-bond donors (Lipinski definition) is 0. The van der Waals surface area contributed by atoms with E-state index in [1.54, 1.807) is 0 Å². The molecule has 2 fully saturated rings. The number of rotatable bonds is 0. The van der Waals surface area contributed by atoms with Crippen LogP contribution in [0, 0.1) is 16.2 Å². The van der Waals surface area contributed by atoms with E-state index in [1.165, 1.54) is 17.2 Å². The predicted octanol–water partition coefficient (Wildman–Crippen LogP) is 6.30. The molecule has 106 valence electrons. The average molecular weight is 304 g/mol. The summed E-state index contributed by atoms with van der Waals surface area (Å²) in [5.41, 5.74) is 1.61. The van der Waals surface area contributed by atoms with Crippen molar-refractivity contribution >= 4 is 25.1 Å². The van der Waals surface area contributed by atoms with Crippen molar-refractivity contribution in [3.63, 3.8) is 0 Å². The zero-order valence-electron chi connectivity index (χ0n) is 13.6. The van der Waals surface area contributed by atoms with E-state index in [1.807, 2.05) is 0 Å². The number of hydrogen-bond acceptors (Lipinski definition) is 0. The summed E-state index contributed by atoms with van der Waals surface area (Å²) >= 11 is 0. The maximum atomic E-state index is 2.50. The van der Waals surface area contributed by atoms with E-state index in [2.05, 4.69) is 62.3 Å². The molecule has 2 saturated heterocycles. The van der Waals surface area contributed by atoms with Crippen molar-refractivity contribution in [3.05, 3.63) is 0 Å². The molecule has 0 nitrogen and oxygen atoms in total. The van der Waals surface area contributed by atoms with Crippen LogP contribution in [0.3, 0.4) is 0 Å². The topological polar surface area (TPSA) is 0 Å². The molecule has 2 aliphatic rings. The van der Waals surface area contributed by atoms with E-state index in [-0.39, 0.29) is 7.92 Å². The maximum absolute atomic E-state index is 2.50. The molecule has 2 aliphatic heterocycles. The second kappa shape index (κ2) is 4.15. The third-order valence-electron chi connectivity index (χ3n) is 4.36. The van der Waals surface area contributed by atoms with Crippen LogP contribution in [0.2, 0.25) is 0 Å². The molecule has 0 spiro atoms. The van der Waals surface area contributed by atoms with Gasteiger partial charge in [0.05, 0.1) is 0 Å². The average Bonchev–Trinajstić information content (AvgIpc) is 2.01. The molecule has 0 bridgehead atoms. The van der Waals surface area contributed by atoms with Crippen LogP contribution in [0.5, 0.6) is 0 Å². The summed E-state index contributed by atoms with van der Waals surface area (Å²) in [6.45, 7) is 22.3. The summed E-state index contributed by atoms with van der Waals surface area (Å²) < 4.78 is 0.776. The minimum Gasteiger partial charge on any atom is -0.0979 e. The minimum atomic E-state index is 0.251. The lowest BCUT2D eigenvalue weighted by molar-refractivity contribution is 0.362. The fraction of sp³-hybridized carbons (Fsp3) is 1.00. The SMILES string of the molecule is CC(C)(C)C1PC2(C(C)(C)C)PC(C(C)(C)C)P12. The van der Waals surface area contributed by atoms with Crippen LogP contribution in [0.15, 0.2) is 0 Å². The minimum absolute atomic E-state index is 0.251. The summed E-state index contributed by atoms with van der Waals surface area (Å²) in [5, 5.41) is 2.08. The Morgan fingerprint density at radius 3 is 1.28 bits per heavy atom. The summed E-state index contributed by atoms with van der Waals surface area (Å²) in [7, 11) is 2.72. The van der Waals surface area contributed by atoms with Gasteiger partial charge in [-0.2, -0.15) is 0 Å². The third-order valence-corrected chi connectivity index (χ3v) is 18.7. The normalized spacial score (nSPS) is 43.5. The highest BCUT2D eigenvalue weighted by Crippen LogP contribution is 3.02. The lowest BCUT2D eigenvalue weighted by atomic mass is 9.97. The summed E-state index contributed by atoms with van der Waals surface area (Å²) in [6, 6.07) is 0. The quantitative estimate of drug-likeness (QED) is 0.461. The van der Waals surface area contributed by atoms with E-state index in [0.717, 1.165) is 15.4 Å². The first-order valence-electron chi connectivity index (χ1n) is 7.14. The van der Waals surface area contributed by atoms with Crippen LogP contribution >= 0.6 is 25.1 Å². The second-order valence-corrected chi connectivity index (χ2v) is 17.3. The molecule has 0 aliphatic carbocycles. The molecule has 0 saturated carbocycles. The summed E-state index contributed by atoms with van der Waals surface area (Å²) in [5.74, 6) is 0. The Morgan fingerprint density at radius 2 is 1.06 bits per heavy atom. The molecule has 2 heterocycles. The van der Waals surface area contributed by atoms with Crippen molar-refractivity contribution in [1.82, 2.24) is 0 Å². The van der Waals surface area contributed by atoms with Crippen LogP contribution in [0.4, 0.5) is 0 Å². The molecule has 0 aromatic carbocycles. The first-order valence-corrected chi connectivity index (χ1v) is 10.8. The highest BCUT2D eigenvalue weighted by atomic mass is 31.3. The van der Waals surface area contributed by atoms with Crippen molar-refractivity contribution in [2.45, 2.75) is 77.8 Å². The molecule has 0 aromatic heterocycles. The van der Waals surface area contributed by atoms with Crippen molar-refractivity contribution < 1.29 is 0 Å². The van der Waals surface area contributed by atoms with Gasteiger partial charge in [-0.3, -0.25) is 0 Å². The molecule has 0 aromatic rings. The zero-order valence-corrected chi connectivity index (χ0v) is 16.5. The van der Waals surface area contributed by atoms with Crippen molar-refractivity contribution in [2.75, 3.05) is 0 Å². The molecule has 4 unspecified atom stereocenters. The number of fused-ring (bicyclic) bond motifs is 1. The van der Waals surface area contributed by atoms with Crippen LogP contribution < -0.4 is 0 Å². The van der Waals surface area contributed by atoms with Gasteiger partial charge >= 0.3 is 0 Å². The molecule has 0 amide bonds. The van der Waals surface area contributed by atoms with Crippen molar-refractivity contribution in [1.29, 1.82) is 0 Å². The smallest absolute Gasteiger partial charge is 0.0316 e. The van der Waals surface area contributed by atoms with Crippen molar-refractivity contribution in [3.8, 4) is 0 Å². The van der Waals surface area contributed by atoms with Gasteiger partial charge in [0.2, 0.25) is 0 Å². The monoisotopic (exact) mass is 304 g/mol. The predicted molar refractivity (Wildman–Crippen MR) is 92.2 cm³/mol. The maximum Gasteiger partial charge on any atom is 0.0316 e. The lowest BCUT2D eigenvalue weighted by Crippen LogP contribution is -2.58. The van der Waals surface area contributed by atoms with Gasteiger partial charge in [-0.1, -0.05) is 87.4 Å². The van der Waals surface area contributed by atoms with E-state index in [4.69, 9.17) is 0 Å². The highest BCUT2D eigenvalue weighted by Gasteiger charge is 2.72. The Morgan fingerprint density at radius 1 is 0.722 bits per heavy atom. The van der Waals surface area contributed by atoms with Gasteiger partial charge in [-0.15, -0.1) is 0 Å². The fourth-order valence-corrected chi connectivity index (χ4v) is 18.4. The molecule has 4 atom stereocenters. The summed E-state index contributed by atoms with van der Waals surface area (Å²) in [6.07, 6.45) is 0. The molecule has 0 radical (unpaired) electrons. The van der Waals surface area contributed by atoms with Crippen molar-refractivity contribution in [2.24, 2.45) is 16.2 Å². The van der Waals surface area contributed by atoms with Gasteiger partial charge in [-0.25, -0.2) is 0 Å². The van der Waals surface area contributed by atoms with Gasteiger partial charge in [0.15, 0.2) is 0 Å².